The van der Waals surface area contributed by atoms with Gasteiger partial charge in [0.25, 0.3) is 5.92 Å². The van der Waals surface area contributed by atoms with Gasteiger partial charge in [-0.05, 0) is 73.5 Å². The lowest BCUT2D eigenvalue weighted by Gasteiger charge is -2.26. The second-order valence-corrected chi connectivity index (χ2v) is 10.3. The second-order valence-electron chi connectivity index (χ2n) is 10.3. The van der Waals surface area contributed by atoms with Crippen molar-refractivity contribution < 1.29 is 27.8 Å². The van der Waals surface area contributed by atoms with Gasteiger partial charge < -0.3 is 19.5 Å². The smallest absolute Gasteiger partial charge is 0.336 e. The van der Waals surface area contributed by atoms with Gasteiger partial charge in [-0.3, -0.25) is 4.90 Å². The van der Waals surface area contributed by atoms with Gasteiger partial charge in [-0.15, -0.1) is 0 Å². The molecule has 0 unspecified atom stereocenters. The van der Waals surface area contributed by atoms with Gasteiger partial charge in [0.05, 0.1) is 18.7 Å². The van der Waals surface area contributed by atoms with Crippen LogP contribution < -0.4 is 14.8 Å². The highest BCUT2D eigenvalue weighted by molar-refractivity contribution is 5.92. The number of alkyl halides is 2. The molecular formula is C33H34F2N4O4. The minimum absolute atomic E-state index is 0.193. The van der Waals surface area contributed by atoms with E-state index in [4.69, 9.17) is 14.2 Å². The Kier molecular flexibility index (Phi) is 10.2. The van der Waals surface area contributed by atoms with Crippen LogP contribution in [-0.4, -0.2) is 59.6 Å². The minimum atomic E-state index is -3.10. The van der Waals surface area contributed by atoms with Gasteiger partial charge in [0, 0.05) is 36.7 Å². The zero-order valence-corrected chi connectivity index (χ0v) is 23.8. The van der Waals surface area contributed by atoms with Crippen LogP contribution in [0.5, 0.6) is 11.5 Å². The molecule has 5 rings (SSSR count). The van der Waals surface area contributed by atoms with Crippen molar-refractivity contribution in [3.63, 3.8) is 0 Å². The monoisotopic (exact) mass is 588 g/mol. The van der Waals surface area contributed by atoms with Gasteiger partial charge in [-0.1, -0.05) is 30.3 Å². The normalized spacial score (nSPS) is 14.2. The number of ether oxygens (including phenoxy) is 3. The van der Waals surface area contributed by atoms with Crippen molar-refractivity contribution in [1.29, 1.82) is 0 Å². The van der Waals surface area contributed by atoms with Crippen LogP contribution in [0, 0.1) is 0 Å². The number of carbonyl (C=O) groups excluding carboxylic acids is 1. The Morgan fingerprint density at radius 3 is 2.53 bits per heavy atom. The van der Waals surface area contributed by atoms with E-state index in [0.29, 0.717) is 55.5 Å². The van der Waals surface area contributed by atoms with Crippen molar-refractivity contribution in [3.05, 3.63) is 96.8 Å². The van der Waals surface area contributed by atoms with Crippen LogP contribution in [-0.2, 0) is 16.1 Å². The molecule has 8 nitrogen and oxygen atoms in total. The number of hydrogen-bond acceptors (Lipinski definition) is 8. The SMILES string of the molecule is O=C(C=CC(F)(F)CCCCN1CCOCC1)Oc1ccc2ncnc(Nc3ccc(OCc4ccccc4)cc3)c2c1. The van der Waals surface area contributed by atoms with Gasteiger partial charge in [-0.2, -0.15) is 0 Å². The Labute approximate surface area is 249 Å². The van der Waals surface area contributed by atoms with E-state index in [9.17, 15) is 13.6 Å². The Morgan fingerprint density at radius 2 is 1.74 bits per heavy atom. The largest absolute Gasteiger partial charge is 0.489 e. The van der Waals surface area contributed by atoms with Crippen LogP contribution in [0.3, 0.4) is 0 Å². The Morgan fingerprint density at radius 1 is 0.977 bits per heavy atom. The highest BCUT2D eigenvalue weighted by Crippen LogP contribution is 2.28. The highest BCUT2D eigenvalue weighted by Gasteiger charge is 2.25. The summed E-state index contributed by atoms with van der Waals surface area (Å²) in [5, 5.41) is 3.85. The number of hydrogen-bond donors (Lipinski definition) is 1. The summed E-state index contributed by atoms with van der Waals surface area (Å²) in [5.74, 6) is -2.56. The molecule has 224 valence electrons. The summed E-state index contributed by atoms with van der Waals surface area (Å²) < 4.78 is 45.2. The lowest BCUT2D eigenvalue weighted by molar-refractivity contribution is -0.129. The molecule has 1 fully saturated rings. The maximum Gasteiger partial charge on any atom is 0.336 e. The fourth-order valence-electron chi connectivity index (χ4n) is 4.66. The van der Waals surface area contributed by atoms with E-state index in [0.717, 1.165) is 42.7 Å². The number of unbranched alkanes of at least 4 members (excludes halogenated alkanes) is 1. The van der Waals surface area contributed by atoms with Crippen molar-refractivity contribution in [2.75, 3.05) is 38.2 Å². The summed E-state index contributed by atoms with van der Waals surface area (Å²) in [7, 11) is 0. The molecule has 0 bridgehead atoms. The fourth-order valence-corrected chi connectivity index (χ4v) is 4.66. The molecule has 0 aliphatic carbocycles. The van der Waals surface area contributed by atoms with Crippen LogP contribution in [0.4, 0.5) is 20.3 Å². The number of aromatic nitrogens is 2. The van der Waals surface area contributed by atoms with Gasteiger partial charge in [0.1, 0.15) is 30.3 Å². The molecule has 0 atom stereocenters. The molecule has 0 spiro atoms. The molecular weight excluding hydrogens is 554 g/mol. The third-order valence-electron chi connectivity index (χ3n) is 6.99. The lowest BCUT2D eigenvalue weighted by atomic mass is 10.1. The van der Waals surface area contributed by atoms with Crippen LogP contribution in [0.15, 0.2) is 91.3 Å². The highest BCUT2D eigenvalue weighted by atomic mass is 19.3. The molecule has 4 aromatic rings. The number of anilines is 2. The van der Waals surface area contributed by atoms with Crippen LogP contribution in [0.1, 0.15) is 24.8 Å². The van der Waals surface area contributed by atoms with Crippen LogP contribution >= 0.6 is 0 Å². The number of fused-ring (bicyclic) bond motifs is 1. The standard InChI is InChI=1S/C33H34F2N4O4/c34-33(35,15-4-5-17-39-18-20-41-21-19-39)16-14-31(40)43-28-12-13-30-29(22-28)32(37-24-36-30)38-26-8-10-27(11-9-26)42-23-25-6-2-1-3-7-25/h1-3,6-14,16,22,24H,4-5,15,17-21,23H2,(H,36,37,38). The molecule has 1 aliphatic heterocycles. The number of morpholine rings is 1. The Bertz CT molecular complexity index is 1510. The van der Waals surface area contributed by atoms with E-state index >= 15 is 0 Å². The third-order valence-corrected chi connectivity index (χ3v) is 6.99. The Balaban J connectivity index is 1.15. The first-order valence-corrected chi connectivity index (χ1v) is 14.3. The molecule has 0 amide bonds. The van der Waals surface area contributed by atoms with E-state index in [1.165, 1.54) is 6.33 Å². The van der Waals surface area contributed by atoms with Crippen molar-refractivity contribution in [2.24, 2.45) is 0 Å². The zero-order chi connectivity index (χ0) is 29.9. The summed E-state index contributed by atoms with van der Waals surface area (Å²) in [6.45, 7) is 4.26. The summed E-state index contributed by atoms with van der Waals surface area (Å²) in [4.78, 5) is 23.2. The molecule has 43 heavy (non-hydrogen) atoms. The summed E-state index contributed by atoms with van der Waals surface area (Å²) >= 11 is 0. The van der Waals surface area contributed by atoms with Gasteiger partial charge in [0.15, 0.2) is 0 Å². The van der Waals surface area contributed by atoms with Crippen molar-refractivity contribution in [1.82, 2.24) is 14.9 Å². The summed E-state index contributed by atoms with van der Waals surface area (Å²) in [5.41, 5.74) is 2.47. The van der Waals surface area contributed by atoms with Crippen LogP contribution in [0.2, 0.25) is 0 Å². The average molecular weight is 589 g/mol. The zero-order valence-electron chi connectivity index (χ0n) is 23.8. The maximum absolute atomic E-state index is 14.3. The minimum Gasteiger partial charge on any atom is -0.489 e. The molecule has 0 radical (unpaired) electrons. The fraction of sp³-hybridized carbons (Fsp3) is 0.303. The lowest BCUT2D eigenvalue weighted by Crippen LogP contribution is -2.36. The van der Waals surface area contributed by atoms with E-state index < -0.39 is 11.9 Å². The maximum atomic E-state index is 14.3. The molecule has 1 N–H and O–H groups in total. The number of benzene rings is 3. The summed E-state index contributed by atoms with van der Waals surface area (Å²) in [6, 6.07) is 22.2. The summed E-state index contributed by atoms with van der Waals surface area (Å²) in [6.07, 6.45) is 3.52. The van der Waals surface area contributed by atoms with E-state index in [1.54, 1.807) is 18.2 Å². The molecule has 1 aromatic heterocycles. The van der Waals surface area contributed by atoms with Gasteiger partial charge >= 0.3 is 5.97 Å². The quantitative estimate of drug-likeness (QED) is 0.0815. The molecule has 1 saturated heterocycles. The number of allylic oxidation sites excluding steroid dienone is 1. The Hall–Kier alpha value is -4.41. The first-order valence-electron chi connectivity index (χ1n) is 14.3. The number of esters is 1. The van der Waals surface area contributed by atoms with Gasteiger partial charge in [0.2, 0.25) is 0 Å². The topological polar surface area (TPSA) is 85.8 Å². The second kappa shape index (κ2) is 14.7. The number of nitrogens with one attached hydrogen (secondary N) is 1. The number of rotatable bonds is 13. The molecule has 10 heteroatoms. The van der Waals surface area contributed by atoms with Crippen molar-refractivity contribution in [3.8, 4) is 11.5 Å². The molecule has 3 aromatic carbocycles. The molecule has 0 saturated carbocycles. The predicted octanol–water partition coefficient (Wildman–Crippen LogP) is 6.55. The van der Waals surface area contributed by atoms with E-state index in [2.05, 4.69) is 20.2 Å². The average Bonchev–Trinajstić information content (AvgIpc) is 3.03. The van der Waals surface area contributed by atoms with Crippen LogP contribution in [0.25, 0.3) is 10.9 Å². The molecule has 1 aliphatic rings. The van der Waals surface area contributed by atoms with Crippen molar-refractivity contribution >= 4 is 28.4 Å². The third kappa shape index (κ3) is 9.29. The molecule has 2 heterocycles. The number of halogens is 2. The van der Waals surface area contributed by atoms with E-state index in [1.807, 2.05) is 54.6 Å². The predicted molar refractivity (Wildman–Crippen MR) is 161 cm³/mol. The first-order chi connectivity index (χ1) is 20.9. The van der Waals surface area contributed by atoms with E-state index in [-0.39, 0.29) is 12.2 Å². The van der Waals surface area contributed by atoms with Gasteiger partial charge in [-0.25, -0.2) is 23.5 Å². The number of carbonyl (C=O) groups is 1. The first kappa shape index (κ1) is 30.1. The van der Waals surface area contributed by atoms with Crippen molar-refractivity contribution in [2.45, 2.75) is 31.8 Å². The number of nitrogens with zero attached hydrogens (tertiary/aromatic N) is 3.